The third-order valence-electron chi connectivity index (χ3n) is 7.73. The first-order chi connectivity index (χ1) is 16.9. The first kappa shape index (κ1) is 29.0. The lowest BCUT2D eigenvalue weighted by Crippen LogP contribution is -2.52. The van der Waals surface area contributed by atoms with Crippen molar-refractivity contribution in [3.63, 3.8) is 0 Å². The third-order valence-corrected chi connectivity index (χ3v) is 14.2. The largest absolute Gasteiger partial charge is 0.413 e. The van der Waals surface area contributed by atoms with Gasteiger partial charge >= 0.3 is 0 Å². The number of sulfone groups is 1. The van der Waals surface area contributed by atoms with E-state index in [1.165, 1.54) is 5.56 Å². The van der Waals surface area contributed by atoms with Gasteiger partial charge < -0.3 is 13.9 Å². The van der Waals surface area contributed by atoms with Crippen LogP contribution in [0.15, 0.2) is 65.6 Å². The van der Waals surface area contributed by atoms with Crippen LogP contribution >= 0.6 is 0 Å². The third kappa shape index (κ3) is 7.51. The Balaban J connectivity index is 1.66. The molecule has 0 aromatic heterocycles. The molecule has 4 atom stereocenters. The molecule has 0 saturated carbocycles. The Kier molecular flexibility index (Phi) is 9.97. The van der Waals surface area contributed by atoms with Crippen LogP contribution in [-0.4, -0.2) is 41.0 Å². The maximum absolute atomic E-state index is 13.5. The Labute approximate surface area is 219 Å². The summed E-state index contributed by atoms with van der Waals surface area (Å²) < 4.78 is 46.0. The van der Waals surface area contributed by atoms with Crippen LogP contribution in [0.5, 0.6) is 0 Å². The van der Waals surface area contributed by atoms with Crippen molar-refractivity contribution in [2.45, 2.75) is 101 Å². The van der Waals surface area contributed by atoms with E-state index in [1.54, 1.807) is 24.3 Å². The number of rotatable bonds is 11. The van der Waals surface area contributed by atoms with Crippen LogP contribution in [0.2, 0.25) is 18.1 Å². The number of benzene rings is 2. The summed E-state index contributed by atoms with van der Waals surface area (Å²) in [5.41, 5.74) is 0.270. The first-order valence-corrected chi connectivity index (χ1v) is 17.6. The smallest absolute Gasteiger partial charge is 0.205 e. The maximum atomic E-state index is 13.5. The second-order valence-corrected chi connectivity index (χ2v) is 18.4. The topological polar surface area (TPSA) is 61.8 Å². The second kappa shape index (κ2) is 12.4. The fourth-order valence-electron chi connectivity index (χ4n) is 4.34. The van der Waals surface area contributed by atoms with E-state index in [0.717, 1.165) is 19.3 Å². The van der Waals surface area contributed by atoms with E-state index in [1.807, 2.05) is 24.3 Å². The van der Waals surface area contributed by atoms with E-state index >= 15 is 0 Å². The Morgan fingerprint density at radius 3 is 2.19 bits per heavy atom. The Bertz CT molecular complexity index is 1030. The summed E-state index contributed by atoms with van der Waals surface area (Å²) in [6.07, 6.45) is 2.64. The lowest BCUT2D eigenvalue weighted by molar-refractivity contribution is -0.101. The SMILES string of the molecule is C[C@@H]1[C@@H](O[Si](C)(C)C(C)(C)C)CC(S(=O)(=O)c2ccccc2)O[C@@H]1CCCCOCc1ccccc1. The van der Waals surface area contributed by atoms with Gasteiger partial charge in [0.25, 0.3) is 0 Å². The van der Waals surface area contributed by atoms with Crippen LogP contribution in [0.4, 0.5) is 0 Å². The molecule has 0 N–H and O–H groups in total. The predicted molar refractivity (Wildman–Crippen MR) is 148 cm³/mol. The molecule has 1 aliphatic heterocycles. The molecule has 2 aromatic carbocycles. The van der Waals surface area contributed by atoms with E-state index < -0.39 is 23.6 Å². The van der Waals surface area contributed by atoms with Gasteiger partial charge in [0, 0.05) is 18.9 Å². The van der Waals surface area contributed by atoms with Gasteiger partial charge in [-0.25, -0.2) is 8.42 Å². The van der Waals surface area contributed by atoms with Crippen molar-refractivity contribution >= 4 is 18.2 Å². The highest BCUT2D eigenvalue weighted by Gasteiger charge is 2.47. The van der Waals surface area contributed by atoms with Crippen molar-refractivity contribution in [3.05, 3.63) is 66.2 Å². The van der Waals surface area contributed by atoms with Gasteiger partial charge in [-0.05, 0) is 55.1 Å². The second-order valence-electron chi connectivity index (χ2n) is 11.5. The van der Waals surface area contributed by atoms with Crippen molar-refractivity contribution in [1.29, 1.82) is 0 Å². The molecular weight excluding hydrogens is 488 g/mol. The van der Waals surface area contributed by atoms with Crippen LogP contribution in [0.1, 0.15) is 58.9 Å². The molecule has 0 aliphatic carbocycles. The summed E-state index contributed by atoms with van der Waals surface area (Å²) in [6.45, 7) is 14.5. The summed E-state index contributed by atoms with van der Waals surface area (Å²) >= 11 is 0. The molecule has 1 saturated heterocycles. The highest BCUT2D eigenvalue weighted by atomic mass is 32.2. The van der Waals surface area contributed by atoms with Crippen LogP contribution in [0, 0.1) is 5.92 Å². The average molecular weight is 533 g/mol. The normalized spacial score (nSPS) is 23.5. The van der Waals surface area contributed by atoms with E-state index in [-0.39, 0.29) is 23.2 Å². The van der Waals surface area contributed by atoms with Crippen molar-refractivity contribution in [2.24, 2.45) is 5.92 Å². The summed E-state index contributed by atoms with van der Waals surface area (Å²) in [5, 5.41) is 0.0460. The van der Waals surface area contributed by atoms with Crippen molar-refractivity contribution < 1.29 is 22.3 Å². The molecular formula is C29H44O5SSi. The van der Waals surface area contributed by atoms with Gasteiger partial charge in [0.15, 0.2) is 13.8 Å². The molecule has 0 spiro atoms. The van der Waals surface area contributed by atoms with Crippen LogP contribution in [0.25, 0.3) is 0 Å². The molecule has 1 aliphatic rings. The minimum Gasteiger partial charge on any atom is -0.413 e. The fraction of sp³-hybridized carbons (Fsp3) is 0.586. The summed E-state index contributed by atoms with van der Waals surface area (Å²) in [7, 11) is -5.71. The zero-order chi connectivity index (χ0) is 26.4. The van der Waals surface area contributed by atoms with Gasteiger partial charge in [0.2, 0.25) is 9.84 Å². The van der Waals surface area contributed by atoms with Gasteiger partial charge in [-0.15, -0.1) is 0 Å². The molecule has 1 heterocycles. The maximum Gasteiger partial charge on any atom is 0.205 e. The number of ether oxygens (including phenoxy) is 2. The Hall–Kier alpha value is -1.51. The number of hydrogen-bond acceptors (Lipinski definition) is 5. The number of unbranched alkanes of at least 4 members (excludes halogenated alkanes) is 1. The lowest BCUT2D eigenvalue weighted by atomic mass is 9.90. The summed E-state index contributed by atoms with van der Waals surface area (Å²) in [6, 6.07) is 18.8. The Morgan fingerprint density at radius 1 is 0.972 bits per heavy atom. The fourth-order valence-corrected chi connectivity index (χ4v) is 7.33. The van der Waals surface area contributed by atoms with Crippen LogP contribution in [-0.2, 0) is 30.3 Å². The molecule has 200 valence electrons. The van der Waals surface area contributed by atoms with Crippen LogP contribution < -0.4 is 0 Å². The molecule has 5 nitrogen and oxygen atoms in total. The van der Waals surface area contributed by atoms with Gasteiger partial charge in [-0.2, -0.15) is 0 Å². The predicted octanol–water partition coefficient (Wildman–Crippen LogP) is 6.99. The van der Waals surface area contributed by atoms with Crippen molar-refractivity contribution in [3.8, 4) is 0 Å². The van der Waals surface area contributed by atoms with Gasteiger partial charge in [-0.1, -0.05) is 76.2 Å². The monoisotopic (exact) mass is 532 g/mol. The van der Waals surface area contributed by atoms with Crippen molar-refractivity contribution in [1.82, 2.24) is 0 Å². The van der Waals surface area contributed by atoms with E-state index in [4.69, 9.17) is 13.9 Å². The molecule has 1 unspecified atom stereocenters. The minimum atomic E-state index is -3.62. The molecule has 2 aromatic rings. The van der Waals surface area contributed by atoms with E-state index in [2.05, 4.69) is 52.9 Å². The van der Waals surface area contributed by atoms with Gasteiger partial charge in [-0.3, -0.25) is 0 Å². The van der Waals surface area contributed by atoms with Crippen molar-refractivity contribution in [2.75, 3.05) is 6.61 Å². The lowest BCUT2D eigenvalue weighted by Gasteiger charge is -2.46. The average Bonchev–Trinajstić information content (AvgIpc) is 2.83. The standard InChI is InChI=1S/C29H44O5SSi/c1-23-26(19-13-14-20-32-22-24-15-9-7-10-16-24)33-28(35(30,31)25-17-11-8-12-18-25)21-27(23)34-36(5,6)29(2,3)4/h7-12,15-18,23,26-28H,13-14,19-22H2,1-6H3/t23-,26+,27-,28?/m0/s1. The highest BCUT2D eigenvalue weighted by molar-refractivity contribution is 7.92. The minimum absolute atomic E-state index is 0.0460. The molecule has 7 heteroatoms. The molecule has 1 fully saturated rings. The number of hydrogen-bond donors (Lipinski definition) is 0. The molecule has 3 rings (SSSR count). The highest BCUT2D eigenvalue weighted by Crippen LogP contribution is 2.42. The summed E-state index contributed by atoms with van der Waals surface area (Å²) in [4.78, 5) is 0.309. The zero-order valence-electron chi connectivity index (χ0n) is 22.8. The molecule has 0 amide bonds. The molecule has 0 bridgehead atoms. The van der Waals surface area contributed by atoms with Gasteiger partial charge in [0.1, 0.15) is 0 Å². The Morgan fingerprint density at radius 2 is 1.58 bits per heavy atom. The quantitative estimate of drug-likeness (QED) is 0.231. The van der Waals surface area contributed by atoms with E-state index in [9.17, 15) is 8.42 Å². The zero-order valence-corrected chi connectivity index (χ0v) is 24.6. The van der Waals surface area contributed by atoms with Gasteiger partial charge in [0.05, 0.1) is 23.7 Å². The van der Waals surface area contributed by atoms with E-state index in [0.29, 0.717) is 24.5 Å². The van der Waals surface area contributed by atoms with Crippen LogP contribution in [0.3, 0.4) is 0 Å². The molecule has 36 heavy (non-hydrogen) atoms. The molecule has 0 radical (unpaired) electrons. The summed E-state index contributed by atoms with van der Waals surface area (Å²) in [5.74, 6) is 0.117. The first-order valence-electron chi connectivity index (χ1n) is 13.2.